The number of carbonyl (C=O) groups excluding carboxylic acids is 1. The highest BCUT2D eigenvalue weighted by molar-refractivity contribution is 6.01. The lowest BCUT2D eigenvalue weighted by Crippen LogP contribution is -2.49. The van der Waals surface area contributed by atoms with E-state index in [-0.39, 0.29) is 32.0 Å². The Balaban J connectivity index is 1.48. The molecule has 250 valence electrons. The number of ether oxygens (including phenoxy) is 2. The summed E-state index contributed by atoms with van der Waals surface area (Å²) in [6, 6.07) is 35.5. The second-order valence-electron chi connectivity index (χ2n) is 11.7. The van der Waals surface area contributed by atoms with Gasteiger partial charge >= 0.3 is 0 Å². The molecule has 5 aromatic carbocycles. The largest absolute Gasteiger partial charge is 0.494 e. The zero-order valence-corrected chi connectivity index (χ0v) is 27.1. The predicted octanol–water partition coefficient (Wildman–Crippen LogP) is 8.17. The molecule has 0 radical (unpaired) electrons. The van der Waals surface area contributed by atoms with E-state index >= 15 is 0 Å². The molecule has 1 aliphatic rings. The van der Waals surface area contributed by atoms with Crippen molar-refractivity contribution >= 4 is 28.3 Å². The number of nitrogens with one attached hydrogen (secondary N) is 1. The van der Waals surface area contributed by atoms with Gasteiger partial charge in [-0.05, 0) is 62.8 Å². The number of nitrogens with zero attached hydrogens (tertiary/aromatic N) is 7. The Morgan fingerprint density at radius 2 is 1.60 bits per heavy atom. The third kappa shape index (κ3) is 7.23. The van der Waals surface area contributed by atoms with Gasteiger partial charge in [-0.25, -0.2) is 4.99 Å². The van der Waals surface area contributed by atoms with Crippen molar-refractivity contribution in [2.75, 3.05) is 13.2 Å². The minimum Gasteiger partial charge on any atom is -0.494 e. The molecule has 0 unspecified atom stereocenters. The van der Waals surface area contributed by atoms with Crippen molar-refractivity contribution < 1.29 is 19.4 Å². The highest BCUT2D eigenvalue weighted by Crippen LogP contribution is 2.46. The molecule has 50 heavy (non-hydrogen) atoms. The summed E-state index contributed by atoms with van der Waals surface area (Å²) in [7, 11) is 0. The molecule has 0 spiro atoms. The van der Waals surface area contributed by atoms with E-state index in [4.69, 9.17) is 25.1 Å². The van der Waals surface area contributed by atoms with E-state index in [0.29, 0.717) is 35.6 Å². The first-order valence-electron chi connectivity index (χ1n) is 16.1. The number of aliphatic imine (C=N–C) groups is 1. The summed E-state index contributed by atoms with van der Waals surface area (Å²) in [6.45, 7) is 0.687. The van der Waals surface area contributed by atoms with Crippen LogP contribution in [-0.2, 0) is 29.0 Å². The minimum atomic E-state index is -1.59. The first kappa shape index (κ1) is 33.6. The summed E-state index contributed by atoms with van der Waals surface area (Å²) in [4.78, 5) is 26.0. The number of carbonyl (C=O) groups is 1. The average Bonchev–Trinajstić information content (AvgIpc) is 3.54. The van der Waals surface area contributed by atoms with Gasteiger partial charge in [-0.15, -0.1) is 0 Å². The van der Waals surface area contributed by atoms with Gasteiger partial charge in [0.1, 0.15) is 5.75 Å². The van der Waals surface area contributed by atoms with Crippen molar-refractivity contribution in [3.05, 3.63) is 164 Å². The van der Waals surface area contributed by atoms with E-state index in [1.165, 1.54) is 0 Å². The summed E-state index contributed by atoms with van der Waals surface area (Å²) in [5.74, 6) is 0.432. The highest BCUT2D eigenvalue weighted by atomic mass is 16.5. The van der Waals surface area contributed by atoms with Gasteiger partial charge in [0.2, 0.25) is 5.90 Å². The molecule has 0 saturated heterocycles. The van der Waals surface area contributed by atoms with E-state index in [0.717, 1.165) is 27.5 Å². The molecule has 0 aliphatic carbocycles. The number of aliphatic hydroxyl groups is 1. The van der Waals surface area contributed by atoms with Crippen LogP contribution in [0, 0.1) is 0 Å². The Bertz CT molecular complexity index is 2120. The predicted molar refractivity (Wildman–Crippen MR) is 191 cm³/mol. The fraction of sp³-hybridized carbons (Fsp3) is 0.211. The molecule has 0 aromatic heterocycles. The zero-order valence-electron chi connectivity index (χ0n) is 27.1. The summed E-state index contributed by atoms with van der Waals surface area (Å²) in [6.07, 6.45) is -0.437. The number of hydrogen-bond acceptors (Lipinski definition) is 7. The van der Waals surface area contributed by atoms with Gasteiger partial charge in [0.15, 0.2) is 11.6 Å². The Morgan fingerprint density at radius 1 is 0.880 bits per heavy atom. The van der Waals surface area contributed by atoms with Crippen LogP contribution in [0.3, 0.4) is 0 Å². The molecular formula is C38H34N8O4. The maximum absolute atomic E-state index is 14.9. The van der Waals surface area contributed by atoms with Crippen LogP contribution in [0.2, 0.25) is 0 Å². The highest BCUT2D eigenvalue weighted by Gasteiger charge is 2.54. The molecule has 2 N–H and O–H groups in total. The summed E-state index contributed by atoms with van der Waals surface area (Å²) in [5, 5.41) is 22.1. The number of amides is 1. The van der Waals surface area contributed by atoms with Crippen LogP contribution in [0.15, 0.2) is 130 Å². The summed E-state index contributed by atoms with van der Waals surface area (Å²) in [5.41, 5.74) is 20.8. The van der Waals surface area contributed by atoms with Crippen molar-refractivity contribution in [2.24, 2.45) is 15.2 Å². The lowest BCUT2D eigenvalue weighted by molar-refractivity contribution is -0.129. The van der Waals surface area contributed by atoms with Crippen molar-refractivity contribution in [3.8, 4) is 5.75 Å². The van der Waals surface area contributed by atoms with Gasteiger partial charge in [0.05, 0.1) is 13.2 Å². The molecule has 0 saturated carbocycles. The second kappa shape index (κ2) is 15.7. The van der Waals surface area contributed by atoms with Gasteiger partial charge in [0.25, 0.3) is 5.91 Å². The van der Waals surface area contributed by atoms with Crippen LogP contribution in [-0.4, -0.2) is 35.7 Å². The van der Waals surface area contributed by atoms with Crippen LogP contribution in [0.4, 0.5) is 5.69 Å². The molecule has 2 atom stereocenters. The van der Waals surface area contributed by atoms with E-state index in [1.54, 1.807) is 48.5 Å². The number of aliphatic hydroxyl groups excluding tert-OH is 1. The molecular weight excluding hydrogens is 632 g/mol. The number of rotatable bonds is 14. The topological polar surface area (TPSA) is 178 Å². The average molecular weight is 667 g/mol. The van der Waals surface area contributed by atoms with Crippen LogP contribution in [0.1, 0.15) is 40.3 Å². The summed E-state index contributed by atoms with van der Waals surface area (Å²) >= 11 is 0. The molecule has 1 heterocycles. The molecule has 5 aromatic rings. The fourth-order valence-corrected chi connectivity index (χ4v) is 6.17. The third-order valence-corrected chi connectivity index (χ3v) is 8.60. The van der Waals surface area contributed by atoms with Crippen LogP contribution in [0.25, 0.3) is 31.7 Å². The Labute approximate surface area is 288 Å². The molecule has 0 fully saturated rings. The van der Waals surface area contributed by atoms with E-state index in [9.17, 15) is 10.3 Å². The quantitative estimate of drug-likeness (QED) is 0.0526. The lowest BCUT2D eigenvalue weighted by atomic mass is 9.80. The molecule has 12 nitrogen and oxygen atoms in total. The van der Waals surface area contributed by atoms with E-state index < -0.39 is 17.6 Å². The molecule has 1 aliphatic heterocycles. The maximum atomic E-state index is 14.9. The van der Waals surface area contributed by atoms with Gasteiger partial charge in [-0.3, -0.25) is 4.79 Å². The molecule has 6 rings (SSSR count). The normalized spacial score (nSPS) is 16.4. The molecule has 12 heteroatoms. The van der Waals surface area contributed by atoms with Crippen LogP contribution < -0.4 is 10.1 Å². The van der Waals surface area contributed by atoms with Gasteiger partial charge in [0, 0.05) is 52.6 Å². The number of hydrogen-bond donors (Lipinski definition) is 2. The molecule has 0 bridgehead atoms. The van der Waals surface area contributed by atoms with Crippen molar-refractivity contribution in [1.82, 2.24) is 5.32 Å². The number of azide groups is 2. The number of benzene rings is 5. The summed E-state index contributed by atoms with van der Waals surface area (Å²) < 4.78 is 12.4. The van der Waals surface area contributed by atoms with Gasteiger partial charge in [-0.2, -0.15) is 0 Å². The molecule has 1 amide bonds. The fourth-order valence-electron chi connectivity index (χ4n) is 6.17. The number of fused-ring (bicyclic) bond motifs is 1. The monoisotopic (exact) mass is 666 g/mol. The zero-order chi connectivity index (χ0) is 34.8. The SMILES string of the molecule is [N-]=[N+]=NCc1ccccc1C[C@@]1(C(=O)NCc2cccc3ccccc23)N=C(c2ccc(OCCCO)cc2)O[C@@H]1c1ccccc1N=[N+]=[N-]. The van der Waals surface area contributed by atoms with Crippen LogP contribution in [0.5, 0.6) is 5.75 Å². The Morgan fingerprint density at radius 3 is 2.40 bits per heavy atom. The van der Waals surface area contributed by atoms with Gasteiger partial charge in [-0.1, -0.05) is 101 Å². The van der Waals surface area contributed by atoms with Crippen molar-refractivity contribution in [3.63, 3.8) is 0 Å². The second-order valence-corrected chi connectivity index (χ2v) is 11.7. The maximum Gasteiger partial charge on any atom is 0.252 e. The van der Waals surface area contributed by atoms with Crippen LogP contribution >= 0.6 is 0 Å². The Hall–Kier alpha value is -6.32. The van der Waals surface area contributed by atoms with E-state index in [2.05, 4.69) is 25.4 Å². The lowest BCUT2D eigenvalue weighted by Gasteiger charge is -2.32. The minimum absolute atomic E-state index is 0.0259. The first-order chi connectivity index (χ1) is 24.6. The first-order valence-corrected chi connectivity index (χ1v) is 16.1. The smallest absolute Gasteiger partial charge is 0.252 e. The van der Waals surface area contributed by atoms with E-state index in [1.807, 2.05) is 66.7 Å². The van der Waals surface area contributed by atoms with Gasteiger partial charge < -0.3 is 19.9 Å². The third-order valence-electron chi connectivity index (χ3n) is 8.60. The standard InChI is InChI=1S/C38H34N8O4/c39-45-42-25-29-11-2-1-10-28(29)23-38(37(48)41-24-30-13-7-12-26-9-3-4-14-32(26)30)35(33-15-5-6-16-34(33)44-46-40)50-36(43-38)27-17-19-31(20-18-27)49-22-8-21-47/h1-7,9-20,35,47H,8,21-25H2,(H,41,48)/t35-,38-/m1/s1. The van der Waals surface area contributed by atoms with Crippen molar-refractivity contribution in [1.29, 1.82) is 0 Å². The Kier molecular flexibility index (Phi) is 10.6. The van der Waals surface area contributed by atoms with Crippen molar-refractivity contribution in [2.45, 2.75) is 37.6 Å².